The van der Waals surface area contributed by atoms with Gasteiger partial charge in [0.05, 0.1) is 4.90 Å². The van der Waals surface area contributed by atoms with Gasteiger partial charge in [0.2, 0.25) is 16.4 Å². The summed E-state index contributed by atoms with van der Waals surface area (Å²) in [5, 5.41) is 3.01. The van der Waals surface area contributed by atoms with Crippen LogP contribution in [0.1, 0.15) is 42.5 Å². The number of carbonyl (C=O) groups is 2. The third-order valence-electron chi connectivity index (χ3n) is 5.10. The first kappa shape index (κ1) is 18.8. The zero-order valence-electron chi connectivity index (χ0n) is 14.8. The standard InChI is InChI=1S/C18H25N3O4S/c22-14-20-9-11-21(12-10-20)26(24,25)17-8-4-5-15(13-17)18(23)19-16-6-2-1-3-7-16/h4-5,8,13-14,16H,1-3,6-7,9-12H2,(H,19,23). The van der Waals surface area contributed by atoms with E-state index in [0.717, 1.165) is 32.1 Å². The predicted molar refractivity (Wildman–Crippen MR) is 97.2 cm³/mol. The Morgan fingerprint density at radius 1 is 1.08 bits per heavy atom. The number of nitrogens with zero attached hydrogens (tertiary/aromatic N) is 2. The van der Waals surface area contributed by atoms with Gasteiger partial charge in [-0.2, -0.15) is 4.31 Å². The summed E-state index contributed by atoms with van der Waals surface area (Å²) in [5.41, 5.74) is 0.364. The molecule has 1 aromatic carbocycles. The molecule has 0 aromatic heterocycles. The lowest BCUT2D eigenvalue weighted by Crippen LogP contribution is -2.48. The number of nitrogens with one attached hydrogen (secondary N) is 1. The lowest BCUT2D eigenvalue weighted by molar-refractivity contribution is -0.119. The Bertz CT molecular complexity index is 751. The highest BCUT2D eigenvalue weighted by atomic mass is 32.2. The van der Waals surface area contributed by atoms with E-state index in [9.17, 15) is 18.0 Å². The van der Waals surface area contributed by atoms with Gasteiger partial charge >= 0.3 is 0 Å². The summed E-state index contributed by atoms with van der Waals surface area (Å²) in [6, 6.07) is 6.37. The van der Waals surface area contributed by atoms with Crippen molar-refractivity contribution in [2.75, 3.05) is 26.2 Å². The summed E-state index contributed by atoms with van der Waals surface area (Å²) in [7, 11) is -3.67. The van der Waals surface area contributed by atoms with Crippen LogP contribution in [0.4, 0.5) is 0 Å². The Morgan fingerprint density at radius 2 is 1.77 bits per heavy atom. The zero-order valence-corrected chi connectivity index (χ0v) is 15.6. The molecule has 0 atom stereocenters. The van der Waals surface area contributed by atoms with Crippen LogP contribution in [-0.2, 0) is 14.8 Å². The van der Waals surface area contributed by atoms with Crippen molar-refractivity contribution in [3.63, 3.8) is 0 Å². The van der Waals surface area contributed by atoms with Gasteiger partial charge in [-0.15, -0.1) is 0 Å². The van der Waals surface area contributed by atoms with Crippen LogP contribution in [0.25, 0.3) is 0 Å². The topological polar surface area (TPSA) is 86.8 Å². The minimum absolute atomic E-state index is 0.119. The Balaban J connectivity index is 1.71. The molecular formula is C18H25N3O4S. The summed E-state index contributed by atoms with van der Waals surface area (Å²) < 4.78 is 27.0. The van der Waals surface area contributed by atoms with Crippen molar-refractivity contribution >= 4 is 22.3 Å². The first-order valence-corrected chi connectivity index (χ1v) is 10.5. The van der Waals surface area contributed by atoms with Gasteiger partial charge in [0.15, 0.2) is 0 Å². The number of hydrogen-bond acceptors (Lipinski definition) is 4. The third kappa shape index (κ3) is 4.24. The molecule has 2 amide bonds. The largest absolute Gasteiger partial charge is 0.349 e. The maximum atomic E-state index is 12.8. The molecular weight excluding hydrogens is 354 g/mol. The molecule has 0 bridgehead atoms. The number of sulfonamides is 1. The number of rotatable bonds is 5. The maximum absolute atomic E-state index is 12.8. The minimum Gasteiger partial charge on any atom is -0.349 e. The number of carbonyl (C=O) groups excluding carboxylic acids is 2. The van der Waals surface area contributed by atoms with Crippen LogP contribution >= 0.6 is 0 Å². The second-order valence-electron chi connectivity index (χ2n) is 6.88. The predicted octanol–water partition coefficient (Wildman–Crippen LogP) is 1.21. The zero-order chi connectivity index (χ0) is 18.6. The van der Waals surface area contributed by atoms with Crippen molar-refractivity contribution in [3.8, 4) is 0 Å². The van der Waals surface area contributed by atoms with Gasteiger partial charge in [-0.25, -0.2) is 8.42 Å². The molecule has 0 spiro atoms. The summed E-state index contributed by atoms with van der Waals surface area (Å²) in [6.07, 6.45) is 6.13. The molecule has 0 radical (unpaired) electrons. The maximum Gasteiger partial charge on any atom is 0.251 e. The quantitative estimate of drug-likeness (QED) is 0.779. The van der Waals surface area contributed by atoms with Crippen molar-refractivity contribution in [1.82, 2.24) is 14.5 Å². The van der Waals surface area contributed by atoms with Crippen LogP contribution in [0, 0.1) is 0 Å². The van der Waals surface area contributed by atoms with Crippen LogP contribution in [0.5, 0.6) is 0 Å². The molecule has 8 heteroatoms. The molecule has 1 saturated heterocycles. The van der Waals surface area contributed by atoms with E-state index in [2.05, 4.69) is 5.32 Å². The number of amides is 2. The smallest absolute Gasteiger partial charge is 0.251 e. The Kier molecular flexibility index (Phi) is 5.93. The second-order valence-corrected chi connectivity index (χ2v) is 8.82. The number of piperazine rings is 1. The van der Waals surface area contributed by atoms with E-state index in [0.29, 0.717) is 18.7 Å². The van der Waals surface area contributed by atoms with E-state index in [1.165, 1.54) is 22.9 Å². The van der Waals surface area contributed by atoms with Gasteiger partial charge in [-0.05, 0) is 31.0 Å². The molecule has 2 aliphatic rings. The monoisotopic (exact) mass is 379 g/mol. The fourth-order valence-corrected chi connectivity index (χ4v) is 4.98. The molecule has 1 N–H and O–H groups in total. The fraction of sp³-hybridized carbons (Fsp3) is 0.556. The van der Waals surface area contributed by atoms with Gasteiger partial charge in [-0.1, -0.05) is 25.3 Å². The van der Waals surface area contributed by atoms with E-state index < -0.39 is 10.0 Å². The van der Waals surface area contributed by atoms with E-state index in [1.54, 1.807) is 17.0 Å². The van der Waals surface area contributed by atoms with E-state index in [1.807, 2.05) is 0 Å². The van der Waals surface area contributed by atoms with Gasteiger partial charge in [0.1, 0.15) is 0 Å². The Hall–Kier alpha value is -1.93. The lowest BCUT2D eigenvalue weighted by Gasteiger charge is -2.31. The molecule has 142 valence electrons. The van der Waals surface area contributed by atoms with E-state index in [-0.39, 0.29) is 29.9 Å². The van der Waals surface area contributed by atoms with Crippen molar-refractivity contribution in [2.24, 2.45) is 0 Å². The van der Waals surface area contributed by atoms with Crippen molar-refractivity contribution in [3.05, 3.63) is 29.8 Å². The summed E-state index contributed by atoms with van der Waals surface area (Å²) in [5.74, 6) is -0.222. The molecule has 1 aliphatic carbocycles. The van der Waals surface area contributed by atoms with Gasteiger partial charge in [0, 0.05) is 37.8 Å². The first-order valence-electron chi connectivity index (χ1n) is 9.11. The van der Waals surface area contributed by atoms with Gasteiger partial charge in [0.25, 0.3) is 5.91 Å². The van der Waals surface area contributed by atoms with Crippen molar-refractivity contribution in [1.29, 1.82) is 0 Å². The summed E-state index contributed by atoms with van der Waals surface area (Å²) in [6.45, 7) is 1.29. The molecule has 2 fully saturated rings. The third-order valence-corrected chi connectivity index (χ3v) is 6.99. The van der Waals surface area contributed by atoms with Crippen molar-refractivity contribution in [2.45, 2.75) is 43.0 Å². The summed E-state index contributed by atoms with van der Waals surface area (Å²) in [4.78, 5) is 24.9. The van der Waals surface area contributed by atoms with Crippen LogP contribution in [0.15, 0.2) is 29.2 Å². The molecule has 1 aromatic rings. The molecule has 26 heavy (non-hydrogen) atoms. The highest BCUT2D eigenvalue weighted by Crippen LogP contribution is 2.20. The van der Waals surface area contributed by atoms with E-state index in [4.69, 9.17) is 0 Å². The van der Waals surface area contributed by atoms with Crippen LogP contribution in [-0.4, -0.2) is 62.2 Å². The van der Waals surface area contributed by atoms with Gasteiger partial charge in [-0.3, -0.25) is 9.59 Å². The van der Waals surface area contributed by atoms with Gasteiger partial charge < -0.3 is 10.2 Å². The number of benzene rings is 1. The molecule has 1 aliphatic heterocycles. The summed E-state index contributed by atoms with van der Waals surface area (Å²) >= 11 is 0. The molecule has 0 unspecified atom stereocenters. The van der Waals surface area contributed by atoms with E-state index >= 15 is 0 Å². The fourth-order valence-electron chi connectivity index (χ4n) is 3.51. The highest BCUT2D eigenvalue weighted by Gasteiger charge is 2.28. The Labute approximate surface area is 154 Å². The lowest BCUT2D eigenvalue weighted by atomic mass is 9.95. The first-order chi connectivity index (χ1) is 12.5. The van der Waals surface area contributed by atoms with Crippen LogP contribution in [0.2, 0.25) is 0 Å². The normalized spacial score (nSPS) is 19.9. The minimum atomic E-state index is -3.67. The molecule has 3 rings (SSSR count). The molecule has 1 saturated carbocycles. The molecule has 1 heterocycles. The SMILES string of the molecule is O=CN1CCN(S(=O)(=O)c2cccc(C(=O)NC3CCCCC3)c2)CC1. The average molecular weight is 379 g/mol. The Morgan fingerprint density at radius 3 is 2.42 bits per heavy atom. The highest BCUT2D eigenvalue weighted by molar-refractivity contribution is 7.89. The van der Waals surface area contributed by atoms with Crippen molar-refractivity contribution < 1.29 is 18.0 Å². The van der Waals surface area contributed by atoms with Crippen LogP contribution in [0.3, 0.4) is 0 Å². The molecule has 7 nitrogen and oxygen atoms in total. The second kappa shape index (κ2) is 8.18. The number of hydrogen-bond donors (Lipinski definition) is 1. The average Bonchev–Trinajstić information content (AvgIpc) is 2.69. The van der Waals surface area contributed by atoms with Crippen LogP contribution < -0.4 is 5.32 Å².